The lowest BCUT2D eigenvalue weighted by atomic mass is 10.1. The fourth-order valence-corrected chi connectivity index (χ4v) is 1.70. The van der Waals surface area contributed by atoms with Crippen molar-refractivity contribution in [2.24, 2.45) is 0 Å². The molecule has 0 aliphatic heterocycles. The highest BCUT2D eigenvalue weighted by atomic mass is 16.5. The molecule has 0 aromatic heterocycles. The highest BCUT2D eigenvalue weighted by Crippen LogP contribution is 2.10. The van der Waals surface area contributed by atoms with Crippen molar-refractivity contribution >= 4 is 0 Å². The summed E-state index contributed by atoms with van der Waals surface area (Å²) in [5.41, 5.74) is 1.23. The SMILES string of the molecule is CCCCOCC(O)CN[C@@H](C)c1ccccc1. The second-order valence-electron chi connectivity index (χ2n) is 4.62. The molecule has 3 nitrogen and oxygen atoms in total. The fourth-order valence-electron chi connectivity index (χ4n) is 1.70. The van der Waals surface area contributed by atoms with Gasteiger partial charge < -0.3 is 15.2 Å². The first kappa shape index (κ1) is 15.2. The van der Waals surface area contributed by atoms with E-state index in [2.05, 4.69) is 31.3 Å². The summed E-state index contributed by atoms with van der Waals surface area (Å²) in [5.74, 6) is 0. The van der Waals surface area contributed by atoms with E-state index >= 15 is 0 Å². The Hall–Kier alpha value is -0.900. The van der Waals surface area contributed by atoms with Gasteiger partial charge in [0.2, 0.25) is 0 Å². The van der Waals surface area contributed by atoms with Gasteiger partial charge in [0.15, 0.2) is 0 Å². The molecule has 0 fully saturated rings. The first-order valence-corrected chi connectivity index (χ1v) is 6.78. The summed E-state index contributed by atoms with van der Waals surface area (Å²) in [6, 6.07) is 10.5. The number of hydrogen-bond donors (Lipinski definition) is 2. The Bertz CT molecular complexity index is 303. The molecular weight excluding hydrogens is 226 g/mol. The van der Waals surface area contributed by atoms with Gasteiger partial charge >= 0.3 is 0 Å². The zero-order valence-corrected chi connectivity index (χ0v) is 11.4. The molecule has 1 rings (SSSR count). The predicted octanol–water partition coefficient (Wildman–Crippen LogP) is 2.51. The molecule has 1 aromatic carbocycles. The Morgan fingerprint density at radius 2 is 2.00 bits per heavy atom. The van der Waals surface area contributed by atoms with Crippen LogP contribution in [-0.4, -0.2) is 31.0 Å². The van der Waals surface area contributed by atoms with Crippen molar-refractivity contribution in [1.29, 1.82) is 0 Å². The summed E-state index contributed by atoms with van der Waals surface area (Å²) in [4.78, 5) is 0. The van der Waals surface area contributed by atoms with Crippen LogP contribution in [-0.2, 0) is 4.74 Å². The molecule has 0 radical (unpaired) electrons. The first-order chi connectivity index (χ1) is 8.74. The van der Waals surface area contributed by atoms with Crippen LogP contribution in [0, 0.1) is 0 Å². The predicted molar refractivity (Wildman–Crippen MR) is 74.6 cm³/mol. The minimum absolute atomic E-state index is 0.247. The van der Waals surface area contributed by atoms with Crippen LogP contribution >= 0.6 is 0 Å². The number of aliphatic hydroxyl groups excluding tert-OH is 1. The Labute approximate surface area is 110 Å². The molecule has 0 aliphatic carbocycles. The van der Waals surface area contributed by atoms with Crippen molar-refractivity contribution in [3.63, 3.8) is 0 Å². The van der Waals surface area contributed by atoms with E-state index in [0.717, 1.165) is 19.4 Å². The van der Waals surface area contributed by atoms with Crippen LogP contribution in [0.1, 0.15) is 38.3 Å². The summed E-state index contributed by atoms with van der Waals surface area (Å²) in [7, 11) is 0. The van der Waals surface area contributed by atoms with E-state index in [4.69, 9.17) is 4.74 Å². The van der Waals surface area contributed by atoms with Gasteiger partial charge in [-0.3, -0.25) is 0 Å². The van der Waals surface area contributed by atoms with Gasteiger partial charge in [-0.25, -0.2) is 0 Å². The highest BCUT2D eigenvalue weighted by Gasteiger charge is 2.08. The van der Waals surface area contributed by atoms with Crippen molar-refractivity contribution in [3.8, 4) is 0 Å². The van der Waals surface area contributed by atoms with E-state index in [1.807, 2.05) is 18.2 Å². The Kier molecular flexibility index (Phi) is 7.65. The summed E-state index contributed by atoms with van der Waals surface area (Å²) in [6.07, 6.45) is 1.74. The Morgan fingerprint density at radius 1 is 1.28 bits per heavy atom. The van der Waals surface area contributed by atoms with Crippen molar-refractivity contribution in [3.05, 3.63) is 35.9 Å². The second-order valence-corrected chi connectivity index (χ2v) is 4.62. The molecule has 0 saturated heterocycles. The van der Waals surface area contributed by atoms with Crippen LogP contribution in [0.4, 0.5) is 0 Å². The Morgan fingerprint density at radius 3 is 2.67 bits per heavy atom. The molecule has 0 amide bonds. The number of nitrogens with one attached hydrogen (secondary N) is 1. The van der Waals surface area contributed by atoms with E-state index in [0.29, 0.717) is 13.2 Å². The van der Waals surface area contributed by atoms with Crippen LogP contribution in [0.3, 0.4) is 0 Å². The molecule has 3 heteroatoms. The highest BCUT2D eigenvalue weighted by molar-refractivity contribution is 5.17. The molecule has 0 bridgehead atoms. The number of unbranched alkanes of at least 4 members (excludes halogenated alkanes) is 1. The summed E-state index contributed by atoms with van der Waals surface area (Å²) >= 11 is 0. The molecule has 0 spiro atoms. The normalized spacial score (nSPS) is 14.4. The maximum atomic E-state index is 9.76. The molecule has 1 unspecified atom stereocenters. The lowest BCUT2D eigenvalue weighted by molar-refractivity contribution is 0.0348. The van der Waals surface area contributed by atoms with Crippen molar-refractivity contribution < 1.29 is 9.84 Å². The molecule has 2 N–H and O–H groups in total. The number of ether oxygens (including phenoxy) is 1. The maximum Gasteiger partial charge on any atom is 0.0897 e. The van der Waals surface area contributed by atoms with Crippen molar-refractivity contribution in [2.75, 3.05) is 19.8 Å². The molecular formula is C15H25NO2. The van der Waals surface area contributed by atoms with Gasteiger partial charge in [0.25, 0.3) is 0 Å². The van der Waals surface area contributed by atoms with E-state index in [-0.39, 0.29) is 6.04 Å². The van der Waals surface area contributed by atoms with Crippen LogP contribution in [0.25, 0.3) is 0 Å². The fraction of sp³-hybridized carbons (Fsp3) is 0.600. The topological polar surface area (TPSA) is 41.5 Å². The molecule has 1 aromatic rings. The maximum absolute atomic E-state index is 9.76. The number of rotatable bonds is 9. The molecule has 0 saturated carbocycles. The van der Waals surface area contributed by atoms with Gasteiger partial charge in [0, 0.05) is 19.2 Å². The first-order valence-electron chi connectivity index (χ1n) is 6.78. The zero-order valence-electron chi connectivity index (χ0n) is 11.4. The average Bonchev–Trinajstić information content (AvgIpc) is 2.42. The van der Waals surface area contributed by atoms with E-state index in [1.165, 1.54) is 5.56 Å². The Balaban J connectivity index is 2.16. The van der Waals surface area contributed by atoms with Gasteiger partial charge in [-0.05, 0) is 18.9 Å². The minimum atomic E-state index is -0.437. The van der Waals surface area contributed by atoms with E-state index < -0.39 is 6.10 Å². The van der Waals surface area contributed by atoms with E-state index in [9.17, 15) is 5.11 Å². The largest absolute Gasteiger partial charge is 0.389 e. The number of benzene rings is 1. The molecule has 0 heterocycles. The lowest BCUT2D eigenvalue weighted by Gasteiger charge is -2.17. The van der Waals surface area contributed by atoms with Gasteiger partial charge in [0.05, 0.1) is 12.7 Å². The number of aliphatic hydroxyl groups is 1. The summed E-state index contributed by atoms with van der Waals surface area (Å²) < 4.78 is 5.38. The molecule has 0 aliphatic rings. The van der Waals surface area contributed by atoms with Gasteiger partial charge in [0.1, 0.15) is 0 Å². The molecule has 18 heavy (non-hydrogen) atoms. The van der Waals surface area contributed by atoms with E-state index in [1.54, 1.807) is 0 Å². The van der Waals surface area contributed by atoms with Crippen LogP contribution in [0.5, 0.6) is 0 Å². The van der Waals surface area contributed by atoms with Crippen molar-refractivity contribution in [1.82, 2.24) is 5.32 Å². The second kappa shape index (κ2) is 9.09. The van der Waals surface area contributed by atoms with Gasteiger partial charge in [-0.2, -0.15) is 0 Å². The quantitative estimate of drug-likeness (QED) is 0.663. The zero-order chi connectivity index (χ0) is 13.2. The van der Waals surface area contributed by atoms with Gasteiger partial charge in [-0.15, -0.1) is 0 Å². The van der Waals surface area contributed by atoms with Crippen molar-refractivity contribution in [2.45, 2.75) is 38.8 Å². The van der Waals surface area contributed by atoms with Crippen LogP contribution < -0.4 is 5.32 Å². The summed E-state index contributed by atoms with van der Waals surface area (Å²) in [6.45, 7) is 5.93. The molecule has 2 atom stereocenters. The monoisotopic (exact) mass is 251 g/mol. The third-order valence-electron chi connectivity index (χ3n) is 2.91. The number of hydrogen-bond acceptors (Lipinski definition) is 3. The lowest BCUT2D eigenvalue weighted by Crippen LogP contribution is -2.32. The summed E-state index contributed by atoms with van der Waals surface area (Å²) in [5, 5.41) is 13.1. The van der Waals surface area contributed by atoms with Crippen LogP contribution in [0.15, 0.2) is 30.3 Å². The smallest absolute Gasteiger partial charge is 0.0897 e. The minimum Gasteiger partial charge on any atom is -0.389 e. The standard InChI is InChI=1S/C15H25NO2/c1-3-4-10-18-12-15(17)11-16-13(2)14-8-6-5-7-9-14/h5-9,13,15-17H,3-4,10-12H2,1-2H3/t13-,15?/m0/s1. The third kappa shape index (κ3) is 6.15. The van der Waals surface area contributed by atoms with Gasteiger partial charge in [-0.1, -0.05) is 43.7 Å². The van der Waals surface area contributed by atoms with Crippen LogP contribution in [0.2, 0.25) is 0 Å². The average molecular weight is 251 g/mol. The molecule has 102 valence electrons. The third-order valence-corrected chi connectivity index (χ3v) is 2.91.